The van der Waals surface area contributed by atoms with E-state index >= 15 is 0 Å². The number of carbonyl (C=O) groups is 2. The molecule has 260 valence electrons. The minimum absolute atomic E-state index is 0.0121. The molecule has 0 saturated heterocycles. The number of anilines is 2. The zero-order valence-electron chi connectivity index (χ0n) is 28.9. The second-order valence-electron chi connectivity index (χ2n) is 13.1. The number of aromatic nitrogens is 4. The van der Waals surface area contributed by atoms with Crippen molar-refractivity contribution in [1.29, 1.82) is 0 Å². The van der Waals surface area contributed by atoms with Gasteiger partial charge in [-0.15, -0.1) is 0 Å². The van der Waals surface area contributed by atoms with Crippen LogP contribution in [0, 0.1) is 5.92 Å². The summed E-state index contributed by atoms with van der Waals surface area (Å²) in [5.74, 6) is 1.68. The number of fused-ring (bicyclic) bond motifs is 2. The summed E-state index contributed by atoms with van der Waals surface area (Å²) in [5, 5.41) is 15.1. The summed E-state index contributed by atoms with van der Waals surface area (Å²) in [4.78, 5) is 32.3. The van der Waals surface area contributed by atoms with E-state index in [2.05, 4.69) is 69.0 Å². The fourth-order valence-corrected chi connectivity index (χ4v) is 6.12. The fourth-order valence-electron chi connectivity index (χ4n) is 6.12. The molecular weight excluding hydrogens is 624 g/mol. The van der Waals surface area contributed by atoms with Gasteiger partial charge < -0.3 is 29.1 Å². The summed E-state index contributed by atoms with van der Waals surface area (Å²) in [6, 6.07) is 11.8. The second-order valence-corrected chi connectivity index (χ2v) is 13.1. The largest absolute Gasteiger partial charge is 0.482 e. The van der Waals surface area contributed by atoms with Crippen LogP contribution >= 0.6 is 0 Å². The molecule has 14 heteroatoms. The van der Waals surface area contributed by atoms with Crippen molar-refractivity contribution in [2.45, 2.75) is 26.9 Å². The topological polar surface area (TPSA) is 147 Å². The van der Waals surface area contributed by atoms with Crippen molar-refractivity contribution < 1.29 is 19.1 Å². The molecule has 2 amide bonds. The standard InChI is InChI=1S/C35H46N10O4/c1-23(2)18-45-29-9-7-25(15-31(29)49-22-33(45)47)35-27(17-39-41-35)20-43(4)13-11-37-36-10-12-42(3)19-26-16-38-40-34(26)24-6-8-28-30(14-24)48-21-32(46)44(28)5/h6-9,14-17,23,36-37H,10-13,18-22H2,1-5H3,(H,38,40)(H,39,41). The van der Waals surface area contributed by atoms with E-state index in [0.717, 1.165) is 84.3 Å². The summed E-state index contributed by atoms with van der Waals surface area (Å²) in [6.45, 7) is 9.63. The van der Waals surface area contributed by atoms with Gasteiger partial charge in [0.25, 0.3) is 11.8 Å². The number of rotatable bonds is 15. The smallest absolute Gasteiger partial charge is 0.265 e. The molecule has 2 aromatic carbocycles. The molecule has 0 unspecified atom stereocenters. The van der Waals surface area contributed by atoms with Crippen LogP contribution in [0.2, 0.25) is 0 Å². The number of nitrogens with zero attached hydrogens (tertiary/aromatic N) is 6. The van der Waals surface area contributed by atoms with Gasteiger partial charge in [-0.1, -0.05) is 26.0 Å². The van der Waals surface area contributed by atoms with Crippen LogP contribution < -0.4 is 30.1 Å². The molecule has 4 aromatic rings. The molecule has 0 atom stereocenters. The van der Waals surface area contributed by atoms with Gasteiger partial charge in [0.15, 0.2) is 13.2 Å². The average molecular weight is 671 g/mol. The lowest BCUT2D eigenvalue weighted by molar-refractivity contribution is -0.121. The Balaban J connectivity index is 0.933. The minimum Gasteiger partial charge on any atom is -0.482 e. The van der Waals surface area contributed by atoms with Crippen LogP contribution in [0.5, 0.6) is 11.5 Å². The van der Waals surface area contributed by atoms with Crippen molar-refractivity contribution in [3.05, 3.63) is 59.9 Å². The molecule has 49 heavy (non-hydrogen) atoms. The zero-order valence-corrected chi connectivity index (χ0v) is 28.9. The highest BCUT2D eigenvalue weighted by molar-refractivity contribution is 5.99. The monoisotopic (exact) mass is 670 g/mol. The van der Waals surface area contributed by atoms with Crippen LogP contribution in [0.1, 0.15) is 25.0 Å². The molecule has 6 rings (SSSR count). The molecular formula is C35H46N10O4. The molecule has 0 fully saturated rings. The van der Waals surface area contributed by atoms with Gasteiger partial charge in [-0.3, -0.25) is 30.6 Å². The molecule has 14 nitrogen and oxygen atoms in total. The highest BCUT2D eigenvalue weighted by Crippen LogP contribution is 2.37. The molecule has 0 radical (unpaired) electrons. The Morgan fingerprint density at radius 3 is 1.86 bits per heavy atom. The van der Waals surface area contributed by atoms with E-state index in [4.69, 9.17) is 9.47 Å². The van der Waals surface area contributed by atoms with Gasteiger partial charge in [-0.25, -0.2) is 0 Å². The summed E-state index contributed by atoms with van der Waals surface area (Å²) in [7, 11) is 5.94. The number of hydrogen-bond acceptors (Lipinski definition) is 10. The maximum absolute atomic E-state index is 12.5. The molecule has 0 bridgehead atoms. The van der Waals surface area contributed by atoms with Crippen LogP contribution in [0.25, 0.3) is 22.5 Å². The van der Waals surface area contributed by atoms with Gasteiger partial charge in [0.2, 0.25) is 0 Å². The maximum atomic E-state index is 12.5. The summed E-state index contributed by atoms with van der Waals surface area (Å²) >= 11 is 0. The van der Waals surface area contributed by atoms with Crippen LogP contribution in [0.4, 0.5) is 11.4 Å². The van der Waals surface area contributed by atoms with Gasteiger partial charge >= 0.3 is 0 Å². The van der Waals surface area contributed by atoms with Gasteiger partial charge in [-0.05, 0) is 44.3 Å². The number of nitrogens with one attached hydrogen (secondary N) is 4. The van der Waals surface area contributed by atoms with E-state index in [9.17, 15) is 9.59 Å². The molecule has 4 N–H and O–H groups in total. The van der Waals surface area contributed by atoms with Gasteiger partial charge in [-0.2, -0.15) is 10.2 Å². The number of likely N-dealkylation sites (N-methyl/N-ethyl adjacent to an activating group) is 3. The third-order valence-corrected chi connectivity index (χ3v) is 8.72. The molecule has 0 saturated carbocycles. The number of hydrazine groups is 1. The van der Waals surface area contributed by atoms with Crippen molar-refractivity contribution >= 4 is 23.2 Å². The van der Waals surface area contributed by atoms with Crippen molar-refractivity contribution in [2.75, 3.05) is 76.9 Å². The summed E-state index contributed by atoms with van der Waals surface area (Å²) in [5.41, 5.74) is 14.1. The van der Waals surface area contributed by atoms with E-state index in [0.29, 0.717) is 24.0 Å². The van der Waals surface area contributed by atoms with Crippen molar-refractivity contribution in [2.24, 2.45) is 5.92 Å². The lowest BCUT2D eigenvalue weighted by Gasteiger charge is -2.31. The predicted molar refractivity (Wildman–Crippen MR) is 188 cm³/mol. The van der Waals surface area contributed by atoms with E-state index in [-0.39, 0.29) is 25.0 Å². The van der Waals surface area contributed by atoms with Crippen molar-refractivity contribution in [3.8, 4) is 34.0 Å². The number of ether oxygens (including phenoxy) is 2. The first-order valence-corrected chi connectivity index (χ1v) is 16.7. The molecule has 2 aliphatic heterocycles. The van der Waals surface area contributed by atoms with E-state index in [1.165, 1.54) is 0 Å². The van der Waals surface area contributed by atoms with Gasteiger partial charge in [0.05, 0.1) is 22.8 Å². The fraction of sp³-hybridized carbons (Fsp3) is 0.429. The van der Waals surface area contributed by atoms with Crippen LogP contribution in [0.15, 0.2) is 48.8 Å². The Labute approximate surface area is 286 Å². The third kappa shape index (κ3) is 7.94. The molecule has 4 heterocycles. The van der Waals surface area contributed by atoms with E-state index in [1.807, 2.05) is 53.7 Å². The Kier molecular flexibility index (Phi) is 10.6. The predicted octanol–water partition coefficient (Wildman–Crippen LogP) is 2.86. The highest BCUT2D eigenvalue weighted by atomic mass is 16.5. The zero-order chi connectivity index (χ0) is 34.5. The summed E-state index contributed by atoms with van der Waals surface area (Å²) in [6.07, 6.45) is 3.87. The molecule has 0 aliphatic carbocycles. The normalized spacial score (nSPS) is 14.4. The first kappa shape index (κ1) is 34.1. The SMILES string of the molecule is CC(C)CN1C(=O)COc2cc(-c3n[nH]cc3CN(C)CCNNCCN(C)Cc3c[nH]nc3-c3ccc4c(c3)OCC(=O)N4C)ccc21. The van der Waals surface area contributed by atoms with Crippen LogP contribution in [-0.4, -0.2) is 109 Å². The Morgan fingerprint density at radius 1 is 0.796 bits per heavy atom. The third-order valence-electron chi connectivity index (χ3n) is 8.72. The molecule has 2 aliphatic rings. The Hall–Kier alpha value is -4.76. The van der Waals surface area contributed by atoms with Gasteiger partial charge in [0, 0.05) is 87.5 Å². The molecule has 0 spiro atoms. The van der Waals surface area contributed by atoms with Crippen LogP contribution in [-0.2, 0) is 22.7 Å². The highest BCUT2D eigenvalue weighted by Gasteiger charge is 2.27. The van der Waals surface area contributed by atoms with Gasteiger partial charge in [0.1, 0.15) is 11.5 Å². The van der Waals surface area contributed by atoms with Crippen molar-refractivity contribution in [3.63, 3.8) is 0 Å². The summed E-state index contributed by atoms with van der Waals surface area (Å²) < 4.78 is 11.5. The number of amides is 2. The van der Waals surface area contributed by atoms with Crippen LogP contribution in [0.3, 0.4) is 0 Å². The first-order valence-electron chi connectivity index (χ1n) is 16.7. The molecule has 2 aromatic heterocycles. The number of H-pyrrole nitrogens is 2. The minimum atomic E-state index is -0.0614. The Morgan fingerprint density at radius 2 is 1.31 bits per heavy atom. The quantitative estimate of drug-likeness (QED) is 0.110. The lowest BCUT2D eigenvalue weighted by Crippen LogP contribution is -2.41. The van der Waals surface area contributed by atoms with E-state index < -0.39 is 0 Å². The lowest BCUT2D eigenvalue weighted by atomic mass is 10.0. The number of carbonyl (C=O) groups excluding carboxylic acids is 2. The van der Waals surface area contributed by atoms with E-state index in [1.54, 1.807) is 11.9 Å². The first-order chi connectivity index (χ1) is 23.7. The maximum Gasteiger partial charge on any atom is 0.265 e. The second kappa shape index (κ2) is 15.2. The number of aromatic amines is 2. The van der Waals surface area contributed by atoms with Crippen molar-refractivity contribution in [1.82, 2.24) is 41.0 Å². The number of hydrogen-bond donors (Lipinski definition) is 4. The Bertz CT molecular complexity index is 1770. The average Bonchev–Trinajstić information content (AvgIpc) is 3.75. The number of benzene rings is 2.